The van der Waals surface area contributed by atoms with Gasteiger partial charge in [-0.25, -0.2) is 4.98 Å². The molecule has 1 aromatic heterocycles. The number of amides is 1. The van der Waals surface area contributed by atoms with Crippen LogP contribution in [-0.4, -0.2) is 35.3 Å². The molecule has 0 fully saturated rings. The first-order chi connectivity index (χ1) is 15.8. The lowest BCUT2D eigenvalue weighted by Crippen LogP contribution is -2.23. The van der Waals surface area contributed by atoms with Crippen LogP contribution in [0, 0.1) is 0 Å². The summed E-state index contributed by atoms with van der Waals surface area (Å²) < 4.78 is 1.48. The molecule has 0 aliphatic carbocycles. The molecule has 6 nitrogen and oxygen atoms in total. The highest BCUT2D eigenvalue weighted by Crippen LogP contribution is 2.24. The third-order valence-corrected chi connectivity index (χ3v) is 6.31. The summed E-state index contributed by atoms with van der Waals surface area (Å²) in [7, 11) is 3.91. The second kappa shape index (κ2) is 9.87. The lowest BCUT2D eigenvalue weighted by molar-refractivity contribution is -0.113. The molecule has 0 atom stereocenters. The van der Waals surface area contributed by atoms with Crippen molar-refractivity contribution in [2.24, 2.45) is 0 Å². The van der Waals surface area contributed by atoms with Crippen molar-refractivity contribution in [3.63, 3.8) is 0 Å². The highest BCUT2D eigenvalue weighted by molar-refractivity contribution is 7.99. The molecule has 4 aromatic rings. The van der Waals surface area contributed by atoms with Crippen molar-refractivity contribution in [2.75, 3.05) is 30.1 Å². The SMILES string of the molecule is CN(C)c1ccc(NC(=O)CSc2nc3cc(Cl)ccc3c(=O)n2-c2ccc(Cl)cc2)cc1. The fourth-order valence-corrected chi connectivity index (χ4v) is 4.33. The van der Waals surface area contributed by atoms with E-state index >= 15 is 0 Å². The summed E-state index contributed by atoms with van der Waals surface area (Å²) in [4.78, 5) is 32.5. The standard InChI is InChI=1S/C24H20Cl2N4O2S/c1-29(2)18-10-6-17(7-11-18)27-22(31)14-33-24-28-21-13-16(26)5-12-20(21)23(32)30(24)19-8-3-15(25)4-9-19/h3-13H,14H2,1-2H3,(H,27,31). The van der Waals surface area contributed by atoms with E-state index in [4.69, 9.17) is 23.2 Å². The van der Waals surface area contributed by atoms with E-state index in [1.807, 2.05) is 43.3 Å². The van der Waals surface area contributed by atoms with Gasteiger partial charge in [-0.2, -0.15) is 0 Å². The van der Waals surface area contributed by atoms with E-state index in [0.717, 1.165) is 5.69 Å². The molecular weight excluding hydrogens is 479 g/mol. The van der Waals surface area contributed by atoms with Crippen LogP contribution in [0.1, 0.15) is 0 Å². The highest BCUT2D eigenvalue weighted by Gasteiger charge is 2.15. The number of benzene rings is 3. The van der Waals surface area contributed by atoms with Crippen molar-refractivity contribution < 1.29 is 4.79 Å². The summed E-state index contributed by atoms with van der Waals surface area (Å²) in [5, 5.41) is 4.73. The van der Waals surface area contributed by atoms with Crippen molar-refractivity contribution in [2.45, 2.75) is 5.16 Å². The van der Waals surface area contributed by atoms with Crippen LogP contribution in [0.3, 0.4) is 0 Å². The number of halogens is 2. The molecule has 0 aliphatic heterocycles. The predicted octanol–water partition coefficient (Wildman–Crippen LogP) is 5.49. The number of carbonyl (C=O) groups is 1. The molecule has 168 valence electrons. The minimum atomic E-state index is -0.249. The number of carbonyl (C=O) groups excluding carboxylic acids is 1. The Kier molecular flexibility index (Phi) is 6.93. The maximum absolute atomic E-state index is 13.3. The minimum absolute atomic E-state index is 0.0710. The zero-order valence-electron chi connectivity index (χ0n) is 17.9. The van der Waals surface area contributed by atoms with E-state index in [2.05, 4.69) is 10.3 Å². The average molecular weight is 499 g/mol. The lowest BCUT2D eigenvalue weighted by Gasteiger charge is -2.14. The summed E-state index contributed by atoms with van der Waals surface area (Å²) in [6.07, 6.45) is 0. The topological polar surface area (TPSA) is 67.2 Å². The molecule has 1 N–H and O–H groups in total. The van der Waals surface area contributed by atoms with Crippen LogP contribution < -0.4 is 15.8 Å². The maximum atomic E-state index is 13.3. The van der Waals surface area contributed by atoms with Crippen LogP contribution in [0.25, 0.3) is 16.6 Å². The summed E-state index contributed by atoms with van der Waals surface area (Å²) in [6.45, 7) is 0. The Morgan fingerprint density at radius 2 is 1.67 bits per heavy atom. The Bertz CT molecular complexity index is 1370. The fraction of sp³-hybridized carbons (Fsp3) is 0.125. The van der Waals surface area contributed by atoms with E-state index in [1.165, 1.54) is 16.3 Å². The second-order valence-corrected chi connectivity index (χ2v) is 9.27. The second-order valence-electron chi connectivity index (χ2n) is 7.45. The molecule has 9 heteroatoms. The molecule has 1 heterocycles. The monoisotopic (exact) mass is 498 g/mol. The Hall–Kier alpha value is -3.00. The van der Waals surface area contributed by atoms with E-state index in [-0.39, 0.29) is 17.2 Å². The third-order valence-electron chi connectivity index (χ3n) is 4.89. The number of nitrogens with zero attached hydrogens (tertiary/aromatic N) is 3. The van der Waals surface area contributed by atoms with E-state index < -0.39 is 0 Å². The van der Waals surface area contributed by atoms with Crippen LogP contribution in [0.4, 0.5) is 11.4 Å². The summed E-state index contributed by atoms with van der Waals surface area (Å²) >= 11 is 13.3. The van der Waals surface area contributed by atoms with Crippen molar-refractivity contribution in [3.05, 3.63) is 87.1 Å². The smallest absolute Gasteiger partial charge is 0.266 e. The summed E-state index contributed by atoms with van der Waals surface area (Å²) in [5.74, 6) is -0.137. The van der Waals surface area contributed by atoms with Gasteiger partial charge in [0.2, 0.25) is 5.91 Å². The van der Waals surface area contributed by atoms with E-state index in [1.54, 1.807) is 42.5 Å². The van der Waals surface area contributed by atoms with Gasteiger partial charge in [-0.3, -0.25) is 14.2 Å². The number of rotatable bonds is 6. The average Bonchev–Trinajstić information content (AvgIpc) is 2.79. The zero-order chi connectivity index (χ0) is 23.5. The fourth-order valence-electron chi connectivity index (χ4n) is 3.22. The molecule has 0 saturated carbocycles. The van der Waals surface area contributed by atoms with Crippen molar-refractivity contribution in [1.82, 2.24) is 9.55 Å². The maximum Gasteiger partial charge on any atom is 0.266 e. The number of hydrogen-bond acceptors (Lipinski definition) is 5. The lowest BCUT2D eigenvalue weighted by atomic mass is 10.2. The van der Waals surface area contributed by atoms with Crippen LogP contribution in [0.15, 0.2) is 76.7 Å². The molecule has 0 unspecified atom stereocenters. The molecule has 0 aliphatic rings. The first kappa shape index (κ1) is 23.2. The Labute approximate surface area is 205 Å². The molecule has 4 rings (SSSR count). The summed E-state index contributed by atoms with van der Waals surface area (Å²) in [5.41, 5.74) is 2.56. The molecule has 0 radical (unpaired) electrons. The van der Waals surface area contributed by atoms with Crippen LogP contribution in [0.5, 0.6) is 0 Å². The van der Waals surface area contributed by atoms with Gasteiger partial charge < -0.3 is 10.2 Å². The van der Waals surface area contributed by atoms with Crippen molar-refractivity contribution in [1.29, 1.82) is 0 Å². The first-order valence-corrected chi connectivity index (χ1v) is 11.7. The van der Waals surface area contributed by atoms with Gasteiger partial charge in [-0.05, 0) is 66.7 Å². The number of hydrogen-bond donors (Lipinski definition) is 1. The van der Waals surface area contributed by atoms with Crippen LogP contribution in [-0.2, 0) is 4.79 Å². The highest BCUT2D eigenvalue weighted by atomic mass is 35.5. The number of aromatic nitrogens is 2. The van der Waals surface area contributed by atoms with Gasteiger partial charge in [0.1, 0.15) is 0 Å². The molecule has 0 saturated heterocycles. The predicted molar refractivity (Wildman–Crippen MR) is 137 cm³/mol. The zero-order valence-corrected chi connectivity index (χ0v) is 20.2. The van der Waals surface area contributed by atoms with Crippen molar-refractivity contribution in [3.8, 4) is 5.69 Å². The largest absolute Gasteiger partial charge is 0.378 e. The van der Waals surface area contributed by atoms with Gasteiger partial charge in [0.05, 0.1) is 22.3 Å². The Morgan fingerprint density at radius 1 is 1.00 bits per heavy atom. The van der Waals surface area contributed by atoms with Gasteiger partial charge in [-0.15, -0.1) is 0 Å². The van der Waals surface area contributed by atoms with E-state index in [9.17, 15) is 9.59 Å². The van der Waals surface area contributed by atoms with Crippen LogP contribution >= 0.6 is 35.0 Å². The molecular formula is C24H20Cl2N4O2S. The third kappa shape index (κ3) is 5.33. The van der Waals surface area contributed by atoms with Gasteiger partial charge in [0, 0.05) is 35.5 Å². The Morgan fingerprint density at radius 3 is 2.33 bits per heavy atom. The van der Waals surface area contributed by atoms with Gasteiger partial charge in [0.25, 0.3) is 5.56 Å². The van der Waals surface area contributed by atoms with Crippen molar-refractivity contribution >= 4 is 63.1 Å². The number of anilines is 2. The summed E-state index contributed by atoms with van der Waals surface area (Å²) in [6, 6.07) is 19.4. The minimum Gasteiger partial charge on any atom is -0.378 e. The van der Waals surface area contributed by atoms with Gasteiger partial charge >= 0.3 is 0 Å². The van der Waals surface area contributed by atoms with Crippen LogP contribution in [0.2, 0.25) is 10.0 Å². The Balaban J connectivity index is 1.63. The van der Waals surface area contributed by atoms with E-state index in [0.29, 0.717) is 37.5 Å². The number of fused-ring (bicyclic) bond motifs is 1. The molecule has 1 amide bonds. The quantitative estimate of drug-likeness (QED) is 0.281. The number of thioether (sulfide) groups is 1. The molecule has 33 heavy (non-hydrogen) atoms. The molecule has 3 aromatic carbocycles. The van der Waals surface area contributed by atoms with Gasteiger partial charge in [-0.1, -0.05) is 35.0 Å². The normalized spacial score (nSPS) is 10.9. The molecule has 0 bridgehead atoms. The van der Waals surface area contributed by atoms with Gasteiger partial charge in [0.15, 0.2) is 5.16 Å². The number of nitrogens with one attached hydrogen (secondary N) is 1. The first-order valence-electron chi connectivity index (χ1n) is 10.00. The molecule has 0 spiro atoms.